The Morgan fingerprint density at radius 2 is 2.33 bits per heavy atom. The molecule has 80 valence electrons. The highest BCUT2D eigenvalue weighted by atomic mass is 32.1. The van der Waals surface area contributed by atoms with Gasteiger partial charge in [-0.05, 0) is 41.8 Å². The number of thiophene rings is 1. The molecule has 0 spiro atoms. The fourth-order valence-corrected chi connectivity index (χ4v) is 2.61. The van der Waals surface area contributed by atoms with Gasteiger partial charge in [-0.3, -0.25) is 4.68 Å². The maximum Gasteiger partial charge on any atom is 0.0733 e. The summed E-state index contributed by atoms with van der Waals surface area (Å²) in [5, 5.41) is 8.48. The zero-order chi connectivity index (χ0) is 10.8. The van der Waals surface area contributed by atoms with Crippen LogP contribution in [0, 0.1) is 6.92 Å². The molecule has 0 amide bonds. The van der Waals surface area contributed by atoms with Crippen molar-refractivity contribution in [3.05, 3.63) is 39.8 Å². The Bertz CT molecular complexity index is 444. The molecule has 2 aromatic rings. The van der Waals surface area contributed by atoms with Gasteiger partial charge in [-0.1, -0.05) is 0 Å². The maximum absolute atomic E-state index is 6.23. The van der Waals surface area contributed by atoms with Crippen LogP contribution in [-0.4, -0.2) is 9.78 Å². The van der Waals surface area contributed by atoms with Crippen molar-refractivity contribution in [2.45, 2.75) is 26.4 Å². The van der Waals surface area contributed by atoms with Crippen molar-refractivity contribution in [3.8, 4) is 0 Å². The molecular formula is C11H15N3S. The highest BCUT2D eigenvalue weighted by Crippen LogP contribution is 2.25. The summed E-state index contributed by atoms with van der Waals surface area (Å²) < 4.78 is 1.95. The van der Waals surface area contributed by atoms with Crippen LogP contribution in [0.15, 0.2) is 23.0 Å². The number of nitrogens with zero attached hydrogens (tertiary/aromatic N) is 2. The lowest BCUT2D eigenvalue weighted by atomic mass is 10.0. The average Bonchev–Trinajstić information content (AvgIpc) is 2.84. The van der Waals surface area contributed by atoms with E-state index in [2.05, 4.69) is 29.7 Å². The molecule has 2 aromatic heterocycles. The van der Waals surface area contributed by atoms with E-state index in [-0.39, 0.29) is 6.04 Å². The Kier molecular flexibility index (Phi) is 2.88. The molecule has 0 saturated heterocycles. The first kappa shape index (κ1) is 10.4. The largest absolute Gasteiger partial charge is 0.319 e. The van der Waals surface area contributed by atoms with Crippen LogP contribution in [0.4, 0.5) is 0 Å². The third kappa shape index (κ3) is 1.82. The fourth-order valence-electron chi connectivity index (χ4n) is 1.72. The van der Waals surface area contributed by atoms with Crippen LogP contribution in [0.3, 0.4) is 0 Å². The van der Waals surface area contributed by atoms with Crippen molar-refractivity contribution in [2.75, 3.05) is 0 Å². The van der Waals surface area contributed by atoms with Gasteiger partial charge in [0.25, 0.3) is 0 Å². The van der Waals surface area contributed by atoms with Gasteiger partial charge in [0.2, 0.25) is 0 Å². The molecule has 0 aliphatic heterocycles. The topological polar surface area (TPSA) is 43.8 Å². The molecule has 0 saturated carbocycles. The third-order valence-corrected chi connectivity index (χ3v) is 3.48. The third-order valence-electron chi connectivity index (χ3n) is 2.60. The van der Waals surface area contributed by atoms with Crippen molar-refractivity contribution >= 4 is 11.3 Å². The van der Waals surface area contributed by atoms with E-state index in [1.165, 1.54) is 11.1 Å². The first-order valence-electron chi connectivity index (χ1n) is 5.04. The van der Waals surface area contributed by atoms with Crippen LogP contribution in [0.1, 0.15) is 29.8 Å². The summed E-state index contributed by atoms with van der Waals surface area (Å²) in [7, 11) is 0. The molecule has 2 N–H and O–H groups in total. The van der Waals surface area contributed by atoms with E-state index in [0.717, 1.165) is 12.2 Å². The van der Waals surface area contributed by atoms with Crippen LogP contribution in [0.5, 0.6) is 0 Å². The van der Waals surface area contributed by atoms with E-state index in [1.807, 2.05) is 10.7 Å². The van der Waals surface area contributed by atoms with Gasteiger partial charge in [0.15, 0.2) is 0 Å². The second-order valence-electron chi connectivity index (χ2n) is 3.56. The van der Waals surface area contributed by atoms with Gasteiger partial charge < -0.3 is 5.73 Å². The predicted molar refractivity (Wildman–Crippen MR) is 63.0 cm³/mol. The van der Waals surface area contributed by atoms with Gasteiger partial charge in [0.1, 0.15) is 0 Å². The number of rotatable bonds is 3. The lowest BCUT2D eigenvalue weighted by Crippen LogP contribution is -2.17. The normalized spacial score (nSPS) is 13.0. The number of hydrogen-bond donors (Lipinski definition) is 1. The minimum absolute atomic E-state index is 0.0568. The van der Waals surface area contributed by atoms with E-state index in [4.69, 9.17) is 5.73 Å². The molecule has 2 rings (SSSR count). The molecule has 3 nitrogen and oxygen atoms in total. The Balaban J connectivity index is 2.36. The minimum Gasteiger partial charge on any atom is -0.319 e. The summed E-state index contributed by atoms with van der Waals surface area (Å²) in [6.45, 7) is 5.03. The number of hydrogen-bond acceptors (Lipinski definition) is 3. The van der Waals surface area contributed by atoms with Crippen molar-refractivity contribution in [3.63, 3.8) is 0 Å². The Hall–Kier alpha value is -1.13. The zero-order valence-electron chi connectivity index (χ0n) is 8.97. The highest BCUT2D eigenvalue weighted by Gasteiger charge is 2.15. The number of aryl methyl sites for hydroxylation is 2. The number of nitrogens with two attached hydrogens (primary N) is 1. The number of aromatic nitrogens is 2. The van der Waals surface area contributed by atoms with Crippen LogP contribution < -0.4 is 5.73 Å². The van der Waals surface area contributed by atoms with Crippen molar-refractivity contribution in [1.82, 2.24) is 9.78 Å². The van der Waals surface area contributed by atoms with Gasteiger partial charge in [0.05, 0.1) is 11.7 Å². The average molecular weight is 221 g/mol. The first-order valence-corrected chi connectivity index (χ1v) is 5.98. The predicted octanol–water partition coefficient (Wildman–Crippen LogP) is 2.32. The smallest absolute Gasteiger partial charge is 0.0733 e. The summed E-state index contributed by atoms with van der Waals surface area (Å²) in [6.07, 6.45) is 1.81. The lowest BCUT2D eigenvalue weighted by molar-refractivity contribution is 0.600. The van der Waals surface area contributed by atoms with Gasteiger partial charge >= 0.3 is 0 Å². The Labute approximate surface area is 93.5 Å². The summed E-state index contributed by atoms with van der Waals surface area (Å²) in [5.74, 6) is 0. The molecule has 4 heteroatoms. The van der Waals surface area contributed by atoms with E-state index >= 15 is 0 Å². The van der Waals surface area contributed by atoms with Gasteiger partial charge in [0, 0.05) is 12.7 Å². The Morgan fingerprint density at radius 3 is 2.93 bits per heavy atom. The van der Waals surface area contributed by atoms with E-state index in [0.29, 0.717) is 0 Å². The molecule has 0 aliphatic carbocycles. The molecule has 0 aromatic carbocycles. The molecule has 0 fully saturated rings. The van der Waals surface area contributed by atoms with Gasteiger partial charge in [-0.25, -0.2) is 0 Å². The molecular weight excluding hydrogens is 206 g/mol. The summed E-state index contributed by atoms with van der Waals surface area (Å²) in [5.41, 5.74) is 9.78. The highest BCUT2D eigenvalue weighted by molar-refractivity contribution is 7.08. The molecule has 0 bridgehead atoms. The summed E-state index contributed by atoms with van der Waals surface area (Å²) >= 11 is 1.70. The minimum atomic E-state index is -0.0568. The molecule has 0 aliphatic rings. The van der Waals surface area contributed by atoms with Crippen LogP contribution in [-0.2, 0) is 6.54 Å². The maximum atomic E-state index is 6.23. The van der Waals surface area contributed by atoms with Crippen molar-refractivity contribution in [1.29, 1.82) is 0 Å². The second-order valence-corrected chi connectivity index (χ2v) is 4.30. The monoisotopic (exact) mass is 221 g/mol. The zero-order valence-corrected chi connectivity index (χ0v) is 9.79. The quantitative estimate of drug-likeness (QED) is 0.864. The van der Waals surface area contributed by atoms with Crippen molar-refractivity contribution < 1.29 is 0 Å². The Morgan fingerprint density at radius 1 is 1.53 bits per heavy atom. The van der Waals surface area contributed by atoms with E-state index in [9.17, 15) is 0 Å². The lowest BCUT2D eigenvalue weighted by Gasteiger charge is -2.13. The standard InChI is InChI=1S/C11H15N3S/c1-3-14-10(4-5-13-14)11(12)9-7-15-6-8(9)2/h4-7,11H,3,12H2,1-2H3. The van der Waals surface area contributed by atoms with Crippen molar-refractivity contribution in [2.24, 2.45) is 5.73 Å². The van der Waals surface area contributed by atoms with Gasteiger partial charge in [-0.15, -0.1) is 0 Å². The van der Waals surface area contributed by atoms with Crippen LogP contribution in [0.2, 0.25) is 0 Å². The SMILES string of the molecule is CCn1nccc1C(N)c1cscc1C. The summed E-state index contributed by atoms with van der Waals surface area (Å²) in [6, 6.07) is 1.93. The fraction of sp³-hybridized carbons (Fsp3) is 0.364. The molecule has 1 atom stereocenters. The van der Waals surface area contributed by atoms with Crippen LogP contribution >= 0.6 is 11.3 Å². The molecule has 0 radical (unpaired) electrons. The summed E-state index contributed by atoms with van der Waals surface area (Å²) in [4.78, 5) is 0. The molecule has 1 unspecified atom stereocenters. The molecule has 2 heterocycles. The van der Waals surface area contributed by atoms with Gasteiger partial charge in [-0.2, -0.15) is 16.4 Å². The first-order chi connectivity index (χ1) is 7.24. The van der Waals surface area contributed by atoms with E-state index in [1.54, 1.807) is 17.5 Å². The second kappa shape index (κ2) is 4.16. The van der Waals surface area contributed by atoms with Crippen LogP contribution in [0.25, 0.3) is 0 Å². The van der Waals surface area contributed by atoms with E-state index < -0.39 is 0 Å². The molecule has 15 heavy (non-hydrogen) atoms.